The van der Waals surface area contributed by atoms with E-state index in [0.29, 0.717) is 5.56 Å². The van der Waals surface area contributed by atoms with Gasteiger partial charge in [0.2, 0.25) is 17.7 Å². The van der Waals surface area contributed by atoms with Gasteiger partial charge in [0.1, 0.15) is 23.7 Å². The van der Waals surface area contributed by atoms with Crippen LogP contribution in [0.1, 0.15) is 30.5 Å². The van der Waals surface area contributed by atoms with E-state index >= 15 is 0 Å². The summed E-state index contributed by atoms with van der Waals surface area (Å²) in [6.45, 7) is 3.09. The lowest BCUT2D eigenvalue weighted by Gasteiger charge is -2.33. The maximum absolute atomic E-state index is 13.7. The number of primary amides is 1. The molecule has 1 fully saturated rings. The van der Waals surface area contributed by atoms with Gasteiger partial charge in [-0.05, 0) is 55.5 Å². The summed E-state index contributed by atoms with van der Waals surface area (Å²) in [4.78, 5) is 53.5. The molecule has 0 radical (unpaired) electrons. The van der Waals surface area contributed by atoms with E-state index in [9.17, 15) is 29.4 Å². The van der Waals surface area contributed by atoms with Crippen LogP contribution in [0.15, 0.2) is 84.9 Å². The molecular formula is C33H39N5O7. The summed E-state index contributed by atoms with van der Waals surface area (Å²) in [7, 11) is 0. The average Bonchev–Trinajstić information content (AvgIpc) is 3.27. The highest BCUT2D eigenvalue weighted by Gasteiger charge is 2.54. The SMILES string of the molecule is CC1(C)O[C@H](N[C@@H](Cc2ccccc2)C(=O)N[C@@H](Cc2ccccc2)C(N)=O)[C@@H](C(=O)O)N1C(=O)[C@@H](N)Cc1ccc(O)cc1. The molecule has 0 unspecified atom stereocenters. The molecule has 0 saturated carbocycles. The maximum atomic E-state index is 13.7. The van der Waals surface area contributed by atoms with Crippen molar-refractivity contribution in [3.05, 3.63) is 102 Å². The zero-order valence-corrected chi connectivity index (χ0v) is 25.1. The number of carboxylic acids is 1. The first-order valence-corrected chi connectivity index (χ1v) is 14.6. The number of aromatic hydroxyl groups is 1. The van der Waals surface area contributed by atoms with E-state index in [1.54, 1.807) is 38.1 Å². The molecule has 45 heavy (non-hydrogen) atoms. The topological polar surface area (TPSA) is 197 Å². The Labute approximate surface area is 261 Å². The molecule has 238 valence electrons. The number of benzene rings is 3. The normalized spacial score (nSPS) is 19.3. The Hall–Kier alpha value is -4.78. The van der Waals surface area contributed by atoms with E-state index in [0.717, 1.165) is 16.0 Å². The number of hydrogen-bond donors (Lipinski definition) is 6. The Morgan fingerprint density at radius 2 is 1.36 bits per heavy atom. The van der Waals surface area contributed by atoms with E-state index in [1.165, 1.54) is 12.1 Å². The zero-order chi connectivity index (χ0) is 32.7. The van der Waals surface area contributed by atoms with Crippen LogP contribution in [0.4, 0.5) is 0 Å². The first-order valence-electron chi connectivity index (χ1n) is 14.6. The average molecular weight is 618 g/mol. The molecular weight excluding hydrogens is 578 g/mol. The predicted octanol–water partition coefficient (Wildman–Crippen LogP) is 1.05. The van der Waals surface area contributed by atoms with Gasteiger partial charge in [-0.15, -0.1) is 0 Å². The van der Waals surface area contributed by atoms with Gasteiger partial charge in [0.15, 0.2) is 6.04 Å². The van der Waals surface area contributed by atoms with E-state index in [1.807, 2.05) is 48.5 Å². The minimum Gasteiger partial charge on any atom is -0.508 e. The number of amides is 3. The molecule has 8 N–H and O–H groups in total. The molecule has 5 atom stereocenters. The summed E-state index contributed by atoms with van der Waals surface area (Å²) >= 11 is 0. The third-order valence-electron chi connectivity index (χ3n) is 7.67. The van der Waals surface area contributed by atoms with E-state index in [2.05, 4.69) is 10.6 Å². The number of nitrogens with one attached hydrogen (secondary N) is 2. The number of carbonyl (C=O) groups is 4. The Bertz CT molecular complexity index is 1480. The lowest BCUT2D eigenvalue weighted by Crippen LogP contribution is -2.60. The van der Waals surface area contributed by atoms with Gasteiger partial charge in [-0.1, -0.05) is 72.8 Å². The minimum absolute atomic E-state index is 0.0592. The number of carbonyl (C=O) groups excluding carboxylic acids is 3. The molecule has 0 bridgehead atoms. The van der Waals surface area contributed by atoms with Crippen molar-refractivity contribution < 1.29 is 34.1 Å². The van der Waals surface area contributed by atoms with Crippen LogP contribution in [0, 0.1) is 0 Å². The van der Waals surface area contributed by atoms with Crippen LogP contribution in [0.5, 0.6) is 5.75 Å². The van der Waals surface area contributed by atoms with Crippen LogP contribution < -0.4 is 22.1 Å². The van der Waals surface area contributed by atoms with Gasteiger partial charge in [0.25, 0.3) is 0 Å². The van der Waals surface area contributed by atoms with Crippen molar-refractivity contribution in [1.29, 1.82) is 0 Å². The number of aliphatic carboxylic acids is 1. The monoisotopic (exact) mass is 617 g/mol. The van der Waals surface area contributed by atoms with Crippen molar-refractivity contribution in [3.63, 3.8) is 0 Å². The summed E-state index contributed by atoms with van der Waals surface area (Å²) in [5, 5.41) is 25.6. The summed E-state index contributed by atoms with van der Waals surface area (Å²) in [6, 6.07) is 19.5. The van der Waals surface area contributed by atoms with Gasteiger partial charge in [-0.3, -0.25) is 24.6 Å². The fourth-order valence-corrected chi connectivity index (χ4v) is 5.44. The van der Waals surface area contributed by atoms with Crippen LogP contribution in [-0.4, -0.2) is 74.9 Å². The van der Waals surface area contributed by atoms with Crippen molar-refractivity contribution in [1.82, 2.24) is 15.5 Å². The molecule has 0 spiro atoms. The number of phenolic OH excluding ortho intramolecular Hbond substituents is 1. The second kappa shape index (κ2) is 14.3. The van der Waals surface area contributed by atoms with Crippen molar-refractivity contribution in [2.75, 3.05) is 0 Å². The predicted molar refractivity (Wildman–Crippen MR) is 165 cm³/mol. The summed E-state index contributed by atoms with van der Waals surface area (Å²) < 4.78 is 6.09. The van der Waals surface area contributed by atoms with Gasteiger partial charge in [-0.25, -0.2) is 4.79 Å². The molecule has 1 heterocycles. The van der Waals surface area contributed by atoms with E-state index in [4.69, 9.17) is 16.2 Å². The highest BCUT2D eigenvalue weighted by molar-refractivity contribution is 5.90. The third-order valence-corrected chi connectivity index (χ3v) is 7.67. The summed E-state index contributed by atoms with van der Waals surface area (Å²) in [5.74, 6) is -3.29. The van der Waals surface area contributed by atoms with Gasteiger partial charge in [-0.2, -0.15) is 0 Å². The number of carboxylic acid groups (broad SMARTS) is 1. The molecule has 0 aromatic heterocycles. The van der Waals surface area contributed by atoms with E-state index in [-0.39, 0.29) is 25.0 Å². The first-order chi connectivity index (χ1) is 21.4. The molecule has 1 saturated heterocycles. The van der Waals surface area contributed by atoms with Crippen LogP contribution in [0.25, 0.3) is 0 Å². The Kier molecular flexibility index (Phi) is 10.6. The molecule has 12 heteroatoms. The number of rotatable bonds is 13. The first kappa shape index (κ1) is 33.1. The second-order valence-corrected chi connectivity index (χ2v) is 11.5. The number of nitrogens with zero attached hydrogens (tertiary/aromatic N) is 1. The molecule has 1 aliphatic heterocycles. The molecule has 12 nitrogen and oxygen atoms in total. The van der Waals surface area contributed by atoms with Crippen LogP contribution in [0.3, 0.4) is 0 Å². The van der Waals surface area contributed by atoms with Gasteiger partial charge >= 0.3 is 5.97 Å². The minimum atomic E-state index is -1.54. The Morgan fingerprint density at radius 3 is 1.87 bits per heavy atom. The van der Waals surface area contributed by atoms with Gasteiger partial charge in [0, 0.05) is 6.42 Å². The standard InChI is InChI=1S/C33H39N5O7/c1-33(2)38(31(42)24(34)17-22-13-15-23(39)16-14-22)27(32(43)44)30(45-33)37-26(19-21-11-7-4-8-12-21)29(41)36-25(28(35)40)18-20-9-5-3-6-10-20/h3-16,24-27,30,37,39H,17-19,34H2,1-2H3,(H2,35,40)(H,36,41)(H,43,44)/t24-,25-,26-,27-,30-/m0/s1. The van der Waals surface area contributed by atoms with Gasteiger partial charge in [0.05, 0.1) is 12.1 Å². The molecule has 0 aliphatic carbocycles. The summed E-state index contributed by atoms with van der Waals surface area (Å²) in [5.41, 5.74) is 12.7. The van der Waals surface area contributed by atoms with Crippen molar-refractivity contribution in [2.24, 2.45) is 11.5 Å². The quantitative estimate of drug-likeness (QED) is 0.162. The fourth-order valence-electron chi connectivity index (χ4n) is 5.44. The number of hydrogen-bond acceptors (Lipinski definition) is 8. The summed E-state index contributed by atoms with van der Waals surface area (Å²) in [6.07, 6.45) is -0.954. The Morgan fingerprint density at radius 1 is 0.844 bits per heavy atom. The fraction of sp³-hybridized carbons (Fsp3) is 0.333. The zero-order valence-electron chi connectivity index (χ0n) is 25.1. The highest BCUT2D eigenvalue weighted by atomic mass is 16.6. The molecule has 3 amide bonds. The van der Waals surface area contributed by atoms with Gasteiger partial charge < -0.3 is 31.7 Å². The highest BCUT2D eigenvalue weighted by Crippen LogP contribution is 2.33. The van der Waals surface area contributed by atoms with Crippen LogP contribution in [-0.2, 0) is 43.2 Å². The van der Waals surface area contributed by atoms with E-state index < -0.39 is 59.8 Å². The lowest BCUT2D eigenvalue weighted by molar-refractivity contribution is -0.156. The molecule has 1 aliphatic rings. The number of ether oxygens (including phenoxy) is 1. The molecule has 3 aromatic rings. The largest absolute Gasteiger partial charge is 0.508 e. The third kappa shape index (κ3) is 8.44. The van der Waals surface area contributed by atoms with Crippen molar-refractivity contribution in [3.8, 4) is 5.75 Å². The van der Waals surface area contributed by atoms with Crippen molar-refractivity contribution in [2.45, 2.75) is 69.2 Å². The molecule has 4 rings (SSSR count). The van der Waals surface area contributed by atoms with Crippen LogP contribution >= 0.6 is 0 Å². The maximum Gasteiger partial charge on any atom is 0.330 e. The Balaban J connectivity index is 1.58. The second-order valence-electron chi connectivity index (χ2n) is 11.5. The smallest absolute Gasteiger partial charge is 0.330 e. The van der Waals surface area contributed by atoms with Crippen LogP contribution in [0.2, 0.25) is 0 Å². The number of phenols is 1. The van der Waals surface area contributed by atoms with Crippen molar-refractivity contribution >= 4 is 23.7 Å². The number of nitrogens with two attached hydrogens (primary N) is 2. The lowest BCUT2D eigenvalue weighted by atomic mass is 10.0. The molecule has 3 aromatic carbocycles.